The number of hydrogen-bond acceptors (Lipinski definition) is 3. The Morgan fingerprint density at radius 3 is 2.52 bits per heavy atom. The fourth-order valence-corrected chi connectivity index (χ4v) is 3.54. The summed E-state index contributed by atoms with van der Waals surface area (Å²) in [7, 11) is 1.87. The van der Waals surface area contributed by atoms with Gasteiger partial charge in [0.15, 0.2) is 6.10 Å². The summed E-state index contributed by atoms with van der Waals surface area (Å²) in [6.45, 7) is 0.580. The van der Waals surface area contributed by atoms with E-state index >= 15 is 0 Å². The highest BCUT2D eigenvalue weighted by Crippen LogP contribution is 2.48. The molecule has 4 nitrogen and oxygen atoms in total. The Morgan fingerprint density at radius 1 is 1.12 bits per heavy atom. The molecular weight excluding hydrogens is 312 g/mol. The highest BCUT2D eigenvalue weighted by atomic mass is 16.6. The highest BCUT2D eigenvalue weighted by molar-refractivity contribution is 6.01. The third kappa shape index (κ3) is 3.43. The van der Waals surface area contributed by atoms with E-state index in [2.05, 4.69) is 17.3 Å². The molecular formula is C21H22N2O2. The zero-order valence-electron chi connectivity index (χ0n) is 14.3. The van der Waals surface area contributed by atoms with Crippen molar-refractivity contribution in [2.75, 3.05) is 13.6 Å². The van der Waals surface area contributed by atoms with E-state index in [1.54, 1.807) is 0 Å². The van der Waals surface area contributed by atoms with E-state index in [1.165, 1.54) is 5.56 Å². The van der Waals surface area contributed by atoms with Crippen LogP contribution >= 0.6 is 0 Å². The van der Waals surface area contributed by atoms with Crippen LogP contribution in [0.2, 0.25) is 0 Å². The summed E-state index contributed by atoms with van der Waals surface area (Å²) < 4.78 is 0. The van der Waals surface area contributed by atoms with E-state index in [9.17, 15) is 4.79 Å². The van der Waals surface area contributed by atoms with Crippen molar-refractivity contribution in [3.63, 3.8) is 0 Å². The average molecular weight is 334 g/mol. The van der Waals surface area contributed by atoms with E-state index < -0.39 is 0 Å². The Morgan fingerprint density at radius 2 is 1.80 bits per heavy atom. The fraction of sp³-hybridized carbons (Fsp3) is 0.333. The Bertz CT molecular complexity index is 773. The molecule has 25 heavy (non-hydrogen) atoms. The number of carbonyl (C=O) groups excluding carboxylic acids is 1. The van der Waals surface area contributed by atoms with Gasteiger partial charge in [0.2, 0.25) is 5.91 Å². The van der Waals surface area contributed by atoms with Crippen LogP contribution in [0.25, 0.3) is 0 Å². The molecule has 1 fully saturated rings. The first-order valence-electron chi connectivity index (χ1n) is 8.80. The second kappa shape index (κ2) is 6.71. The van der Waals surface area contributed by atoms with E-state index in [0.29, 0.717) is 12.5 Å². The van der Waals surface area contributed by atoms with E-state index in [1.807, 2.05) is 60.5 Å². The van der Waals surface area contributed by atoms with Crippen LogP contribution in [0, 0.1) is 5.92 Å². The molecule has 4 rings (SSSR count). The van der Waals surface area contributed by atoms with Crippen molar-refractivity contribution in [3.8, 4) is 0 Å². The zero-order chi connectivity index (χ0) is 17.2. The van der Waals surface area contributed by atoms with Gasteiger partial charge < -0.3 is 9.74 Å². The second-order valence-corrected chi connectivity index (χ2v) is 6.91. The quantitative estimate of drug-likeness (QED) is 0.840. The first-order chi connectivity index (χ1) is 12.2. The van der Waals surface area contributed by atoms with Crippen LogP contribution < -0.4 is 0 Å². The van der Waals surface area contributed by atoms with Gasteiger partial charge in [-0.1, -0.05) is 65.8 Å². The van der Waals surface area contributed by atoms with Crippen LogP contribution in [0.15, 0.2) is 65.8 Å². The molecule has 0 unspecified atom stereocenters. The summed E-state index contributed by atoms with van der Waals surface area (Å²) in [4.78, 5) is 20.0. The van der Waals surface area contributed by atoms with Gasteiger partial charge in [-0.05, 0) is 23.5 Å². The maximum Gasteiger partial charge on any atom is 0.226 e. The number of carbonyl (C=O) groups is 1. The molecule has 0 aromatic heterocycles. The number of nitrogens with zero attached hydrogens (tertiary/aromatic N) is 2. The lowest BCUT2D eigenvalue weighted by atomic mass is 10.0. The third-order valence-electron chi connectivity index (χ3n) is 5.03. The average Bonchev–Trinajstić information content (AvgIpc) is 3.33. The lowest BCUT2D eigenvalue weighted by Gasteiger charge is -2.20. The molecule has 1 heterocycles. The van der Waals surface area contributed by atoms with Crippen LogP contribution in [-0.4, -0.2) is 36.2 Å². The van der Waals surface area contributed by atoms with Crippen LogP contribution in [0.1, 0.15) is 29.9 Å². The molecule has 4 heteroatoms. The van der Waals surface area contributed by atoms with Crippen molar-refractivity contribution in [3.05, 3.63) is 71.8 Å². The summed E-state index contributed by atoms with van der Waals surface area (Å²) in [6, 6.07) is 20.4. The van der Waals surface area contributed by atoms with Gasteiger partial charge in [0.25, 0.3) is 0 Å². The van der Waals surface area contributed by atoms with Crippen molar-refractivity contribution >= 4 is 11.6 Å². The molecule has 2 aromatic rings. The Balaban J connectivity index is 1.30. The van der Waals surface area contributed by atoms with Gasteiger partial charge in [-0.15, -0.1) is 0 Å². The molecule has 0 bridgehead atoms. The maximum absolute atomic E-state index is 12.7. The van der Waals surface area contributed by atoms with Gasteiger partial charge in [0, 0.05) is 19.4 Å². The molecule has 1 amide bonds. The monoisotopic (exact) mass is 334 g/mol. The minimum Gasteiger partial charge on any atom is -0.390 e. The van der Waals surface area contributed by atoms with Crippen molar-refractivity contribution < 1.29 is 9.63 Å². The van der Waals surface area contributed by atoms with E-state index in [-0.39, 0.29) is 17.9 Å². The number of benzene rings is 2. The predicted molar refractivity (Wildman–Crippen MR) is 97.4 cm³/mol. The molecule has 128 valence electrons. The topological polar surface area (TPSA) is 41.9 Å². The van der Waals surface area contributed by atoms with Crippen LogP contribution in [-0.2, 0) is 9.63 Å². The van der Waals surface area contributed by atoms with Crippen LogP contribution in [0.3, 0.4) is 0 Å². The molecule has 1 saturated carbocycles. The number of rotatable bonds is 5. The molecule has 1 aliphatic carbocycles. The molecule has 3 atom stereocenters. The molecule has 2 aromatic carbocycles. The maximum atomic E-state index is 12.7. The van der Waals surface area contributed by atoms with E-state index in [4.69, 9.17) is 4.84 Å². The van der Waals surface area contributed by atoms with Gasteiger partial charge >= 0.3 is 0 Å². The molecule has 2 aliphatic rings. The molecule has 0 radical (unpaired) electrons. The van der Waals surface area contributed by atoms with Gasteiger partial charge in [-0.3, -0.25) is 4.79 Å². The first-order valence-corrected chi connectivity index (χ1v) is 8.80. The highest BCUT2D eigenvalue weighted by Gasteiger charge is 2.45. The van der Waals surface area contributed by atoms with Crippen molar-refractivity contribution in [2.24, 2.45) is 11.1 Å². The van der Waals surface area contributed by atoms with Gasteiger partial charge in [0.1, 0.15) is 0 Å². The summed E-state index contributed by atoms with van der Waals surface area (Å²) in [5, 5.41) is 4.20. The number of hydrogen-bond donors (Lipinski definition) is 0. The van der Waals surface area contributed by atoms with E-state index in [0.717, 1.165) is 24.1 Å². The zero-order valence-corrected chi connectivity index (χ0v) is 14.3. The second-order valence-electron chi connectivity index (χ2n) is 6.91. The van der Waals surface area contributed by atoms with Crippen LogP contribution in [0.5, 0.6) is 0 Å². The summed E-state index contributed by atoms with van der Waals surface area (Å²) >= 11 is 0. The minimum absolute atomic E-state index is 0.0573. The molecule has 0 spiro atoms. The largest absolute Gasteiger partial charge is 0.390 e. The molecule has 0 N–H and O–H groups in total. The SMILES string of the molecule is CN(C[C@@H]1CC(c2ccccc2)=NO1)C(=O)[C@@H]1C[C@H]1c1ccccc1. The van der Waals surface area contributed by atoms with Crippen molar-refractivity contribution in [1.29, 1.82) is 0 Å². The minimum atomic E-state index is -0.0573. The van der Waals surface area contributed by atoms with Gasteiger partial charge in [-0.2, -0.15) is 0 Å². The number of likely N-dealkylation sites (N-methyl/N-ethyl adjacent to an activating group) is 1. The normalized spacial score (nSPS) is 24.4. The Labute approximate surface area is 148 Å². The summed E-state index contributed by atoms with van der Waals surface area (Å²) in [5.41, 5.74) is 3.31. The Kier molecular flexibility index (Phi) is 4.26. The van der Waals surface area contributed by atoms with Crippen molar-refractivity contribution in [1.82, 2.24) is 4.90 Å². The lowest BCUT2D eigenvalue weighted by molar-refractivity contribution is -0.132. The Hall–Kier alpha value is -2.62. The number of amides is 1. The predicted octanol–water partition coefficient (Wildman–Crippen LogP) is 3.44. The van der Waals surface area contributed by atoms with Gasteiger partial charge in [0.05, 0.1) is 12.3 Å². The summed E-state index contributed by atoms with van der Waals surface area (Å²) in [5.74, 6) is 0.700. The van der Waals surface area contributed by atoms with Crippen LogP contribution in [0.4, 0.5) is 0 Å². The van der Waals surface area contributed by atoms with Gasteiger partial charge in [-0.25, -0.2) is 0 Å². The number of oxime groups is 1. The fourth-order valence-electron chi connectivity index (χ4n) is 3.54. The molecule has 1 aliphatic heterocycles. The van der Waals surface area contributed by atoms with Crippen molar-refractivity contribution in [2.45, 2.75) is 24.9 Å². The summed E-state index contributed by atoms with van der Waals surface area (Å²) in [6.07, 6.45) is 1.64. The lowest BCUT2D eigenvalue weighted by Crippen LogP contribution is -2.35. The third-order valence-corrected chi connectivity index (χ3v) is 5.03. The smallest absolute Gasteiger partial charge is 0.226 e. The molecule has 0 saturated heterocycles. The standard InChI is InChI=1S/C21H22N2O2/c1-23(21(24)19-13-18(19)15-8-4-2-5-9-15)14-17-12-20(22-25-17)16-10-6-3-7-11-16/h2-11,17-19H,12-14H2,1H3/t17-,18-,19+/m0/s1. The first kappa shape index (κ1) is 15.9.